The van der Waals surface area contributed by atoms with E-state index >= 15 is 0 Å². The first kappa shape index (κ1) is 10.2. The Morgan fingerprint density at radius 1 is 1.46 bits per heavy atom. The largest absolute Gasteiger partial charge is 0.461 e. The van der Waals surface area contributed by atoms with Gasteiger partial charge in [-0.05, 0) is 24.6 Å². The second kappa shape index (κ2) is 3.87. The molecule has 72 valence electrons. The first-order valence-electron chi connectivity index (χ1n) is 3.41. The van der Waals surface area contributed by atoms with Crippen LogP contribution in [0.2, 0.25) is 0 Å². The van der Waals surface area contributed by atoms with Crippen LogP contribution in [0.4, 0.5) is 19.0 Å². The van der Waals surface area contributed by atoms with E-state index in [1.54, 1.807) is 19.1 Å². The Morgan fingerprint density at radius 3 is 2.69 bits per heavy atom. The van der Waals surface area contributed by atoms with Crippen LogP contribution in [-0.2, 0) is 0 Å². The fraction of sp³-hybridized carbons (Fsp3) is 0.286. The summed E-state index contributed by atoms with van der Waals surface area (Å²) in [6, 6.07) is 3.25. The van der Waals surface area contributed by atoms with Crippen LogP contribution in [0.15, 0.2) is 18.3 Å². The molecule has 0 radical (unpaired) electrons. The monoisotopic (exact) mass is 208 g/mol. The van der Waals surface area contributed by atoms with Crippen LogP contribution >= 0.6 is 11.9 Å². The van der Waals surface area contributed by atoms with Crippen molar-refractivity contribution in [1.29, 1.82) is 0 Å². The normalized spacial score (nSPS) is 11.4. The zero-order valence-corrected chi connectivity index (χ0v) is 7.54. The van der Waals surface area contributed by atoms with Gasteiger partial charge in [-0.15, -0.1) is 0 Å². The first-order chi connectivity index (χ1) is 5.97. The van der Waals surface area contributed by atoms with Gasteiger partial charge < -0.3 is 4.72 Å². The van der Waals surface area contributed by atoms with E-state index in [0.717, 1.165) is 5.56 Å². The van der Waals surface area contributed by atoms with Gasteiger partial charge in [0.25, 0.3) is 0 Å². The molecule has 1 aromatic rings. The molecule has 0 aliphatic rings. The lowest BCUT2D eigenvalue weighted by Gasteiger charge is -2.06. The SMILES string of the molecule is Cc1ccnc(NSC(F)(F)F)c1. The maximum atomic E-state index is 11.7. The molecular weight excluding hydrogens is 201 g/mol. The number of hydrogen-bond acceptors (Lipinski definition) is 3. The molecule has 0 amide bonds. The molecular formula is C7H7F3N2S. The Labute approximate surface area is 77.7 Å². The highest BCUT2D eigenvalue weighted by molar-refractivity contribution is 8.01. The number of rotatable bonds is 2. The highest BCUT2D eigenvalue weighted by Crippen LogP contribution is 2.30. The molecule has 0 aromatic carbocycles. The zero-order chi connectivity index (χ0) is 9.90. The topological polar surface area (TPSA) is 24.9 Å². The molecule has 0 saturated heterocycles. The summed E-state index contributed by atoms with van der Waals surface area (Å²) in [7, 11) is 0. The predicted molar refractivity (Wildman–Crippen MR) is 46.2 cm³/mol. The molecule has 0 spiro atoms. The number of hydrogen-bond donors (Lipinski definition) is 1. The van der Waals surface area contributed by atoms with E-state index in [-0.39, 0.29) is 17.8 Å². The quantitative estimate of drug-likeness (QED) is 0.756. The number of alkyl halides is 3. The molecule has 1 aromatic heterocycles. The second-order valence-electron chi connectivity index (χ2n) is 2.37. The van der Waals surface area contributed by atoms with E-state index in [9.17, 15) is 13.2 Å². The van der Waals surface area contributed by atoms with Crippen molar-refractivity contribution in [2.24, 2.45) is 0 Å². The number of anilines is 1. The van der Waals surface area contributed by atoms with E-state index < -0.39 is 5.51 Å². The van der Waals surface area contributed by atoms with Gasteiger partial charge in [-0.1, -0.05) is 0 Å². The molecule has 0 unspecified atom stereocenters. The Balaban J connectivity index is 2.55. The first-order valence-corrected chi connectivity index (χ1v) is 4.22. The molecule has 6 heteroatoms. The Morgan fingerprint density at radius 2 is 2.15 bits per heavy atom. The van der Waals surface area contributed by atoms with E-state index in [2.05, 4.69) is 9.71 Å². The van der Waals surface area contributed by atoms with Crippen molar-refractivity contribution >= 4 is 17.8 Å². The number of aromatic nitrogens is 1. The standard InChI is InChI=1S/C7H7F3N2S/c1-5-2-3-11-6(4-5)12-13-7(8,9)10/h2-4H,1H3,(H,11,12). The van der Waals surface area contributed by atoms with Crippen LogP contribution in [-0.4, -0.2) is 10.5 Å². The van der Waals surface area contributed by atoms with Crippen molar-refractivity contribution < 1.29 is 13.2 Å². The van der Waals surface area contributed by atoms with Crippen LogP contribution in [0.3, 0.4) is 0 Å². The van der Waals surface area contributed by atoms with Crippen molar-refractivity contribution in [1.82, 2.24) is 4.98 Å². The van der Waals surface area contributed by atoms with E-state index in [1.165, 1.54) is 6.20 Å². The molecule has 0 atom stereocenters. The van der Waals surface area contributed by atoms with Crippen LogP contribution < -0.4 is 4.72 Å². The van der Waals surface area contributed by atoms with Crippen LogP contribution in [0.25, 0.3) is 0 Å². The third kappa shape index (κ3) is 4.02. The lowest BCUT2D eigenvalue weighted by atomic mass is 10.3. The van der Waals surface area contributed by atoms with Crippen molar-refractivity contribution in [2.45, 2.75) is 12.4 Å². The van der Waals surface area contributed by atoms with Gasteiger partial charge in [-0.25, -0.2) is 4.98 Å². The minimum absolute atomic E-state index is 0.210. The Hall–Kier alpha value is -0.910. The lowest BCUT2D eigenvalue weighted by Crippen LogP contribution is -2.05. The zero-order valence-electron chi connectivity index (χ0n) is 6.72. The highest BCUT2D eigenvalue weighted by Gasteiger charge is 2.28. The summed E-state index contributed by atoms with van der Waals surface area (Å²) in [4.78, 5) is 3.71. The van der Waals surface area contributed by atoms with Gasteiger partial charge in [-0.3, -0.25) is 0 Å². The summed E-state index contributed by atoms with van der Waals surface area (Å²) >= 11 is -0.317. The number of halogens is 3. The van der Waals surface area contributed by atoms with Gasteiger partial charge in [0.15, 0.2) is 0 Å². The van der Waals surface area contributed by atoms with Gasteiger partial charge in [-0.2, -0.15) is 13.2 Å². The summed E-state index contributed by atoms with van der Waals surface area (Å²) in [6.07, 6.45) is 1.45. The molecule has 0 aliphatic heterocycles. The molecule has 1 heterocycles. The second-order valence-corrected chi connectivity index (χ2v) is 3.24. The fourth-order valence-electron chi connectivity index (χ4n) is 0.702. The molecule has 0 saturated carbocycles. The van der Waals surface area contributed by atoms with Gasteiger partial charge >= 0.3 is 5.51 Å². The van der Waals surface area contributed by atoms with Gasteiger partial charge in [0.05, 0.1) is 11.9 Å². The van der Waals surface area contributed by atoms with Crippen LogP contribution in [0.1, 0.15) is 5.56 Å². The number of nitrogens with one attached hydrogen (secondary N) is 1. The van der Waals surface area contributed by atoms with Crippen molar-refractivity contribution in [2.75, 3.05) is 4.72 Å². The molecule has 2 nitrogen and oxygen atoms in total. The predicted octanol–water partition coefficient (Wildman–Crippen LogP) is 2.97. The van der Waals surface area contributed by atoms with E-state index in [1.807, 2.05) is 0 Å². The maximum Gasteiger partial charge on any atom is 0.461 e. The lowest BCUT2D eigenvalue weighted by molar-refractivity contribution is -0.0323. The van der Waals surface area contributed by atoms with Gasteiger partial charge in [0.1, 0.15) is 5.82 Å². The molecule has 0 bridgehead atoms. The summed E-state index contributed by atoms with van der Waals surface area (Å²) in [6.45, 7) is 1.78. The molecule has 0 aliphatic carbocycles. The average Bonchev–Trinajstić information content (AvgIpc) is 2.00. The summed E-state index contributed by atoms with van der Waals surface area (Å²) in [5.41, 5.74) is -3.42. The Bertz CT molecular complexity index is 287. The van der Waals surface area contributed by atoms with E-state index in [4.69, 9.17) is 0 Å². The van der Waals surface area contributed by atoms with E-state index in [0.29, 0.717) is 0 Å². The van der Waals surface area contributed by atoms with Crippen LogP contribution in [0, 0.1) is 6.92 Å². The smallest absolute Gasteiger partial charge is 0.307 e. The number of nitrogens with zero attached hydrogens (tertiary/aromatic N) is 1. The summed E-state index contributed by atoms with van der Waals surface area (Å²) < 4.78 is 37.2. The molecule has 1 N–H and O–H groups in total. The summed E-state index contributed by atoms with van der Waals surface area (Å²) in [5.74, 6) is 0.210. The molecule has 0 fully saturated rings. The molecule has 13 heavy (non-hydrogen) atoms. The maximum absolute atomic E-state index is 11.7. The van der Waals surface area contributed by atoms with Crippen LogP contribution in [0.5, 0.6) is 0 Å². The number of pyridine rings is 1. The van der Waals surface area contributed by atoms with Crippen molar-refractivity contribution in [3.63, 3.8) is 0 Å². The average molecular weight is 208 g/mol. The summed E-state index contributed by atoms with van der Waals surface area (Å²) in [5, 5.41) is 0. The minimum atomic E-state index is -4.29. The Kier molecular flexibility index (Phi) is 3.02. The third-order valence-electron chi connectivity index (χ3n) is 1.19. The van der Waals surface area contributed by atoms with Crippen molar-refractivity contribution in [3.05, 3.63) is 23.9 Å². The van der Waals surface area contributed by atoms with Gasteiger partial charge in [0.2, 0.25) is 0 Å². The fourth-order valence-corrected chi connectivity index (χ4v) is 1.03. The highest BCUT2D eigenvalue weighted by atomic mass is 32.2. The van der Waals surface area contributed by atoms with Gasteiger partial charge in [0, 0.05) is 6.20 Å². The number of aryl methyl sites for hydroxylation is 1. The minimum Gasteiger partial charge on any atom is -0.307 e. The molecule has 1 rings (SSSR count). The third-order valence-corrected chi connectivity index (χ3v) is 1.73. The van der Waals surface area contributed by atoms with Crippen molar-refractivity contribution in [3.8, 4) is 0 Å².